The number of ether oxygens (including phenoxy) is 2. The lowest BCUT2D eigenvalue weighted by Crippen LogP contribution is -2.39. The van der Waals surface area contributed by atoms with E-state index in [0.717, 1.165) is 51.6 Å². The number of amides is 1. The molecule has 190 valence electrons. The van der Waals surface area contributed by atoms with Gasteiger partial charge in [-0.15, -0.1) is 0 Å². The zero-order valence-corrected chi connectivity index (χ0v) is 21.6. The van der Waals surface area contributed by atoms with Crippen molar-refractivity contribution in [2.24, 2.45) is 0 Å². The smallest absolute Gasteiger partial charge is 0.435 e. The second-order valence-corrected chi connectivity index (χ2v) is 9.52. The molecule has 1 saturated carbocycles. The van der Waals surface area contributed by atoms with Crippen LogP contribution in [-0.2, 0) is 16.0 Å². The molecule has 35 heavy (non-hydrogen) atoms. The molecule has 2 aromatic rings. The van der Waals surface area contributed by atoms with Crippen LogP contribution in [0.15, 0.2) is 48.5 Å². The van der Waals surface area contributed by atoms with Crippen LogP contribution in [0, 0.1) is 0 Å². The average molecular weight is 501 g/mol. The highest BCUT2D eigenvalue weighted by molar-refractivity contribution is 6.30. The van der Waals surface area contributed by atoms with Gasteiger partial charge in [0.15, 0.2) is 0 Å². The minimum atomic E-state index is -0.590. The zero-order chi connectivity index (χ0) is 25.0. The fourth-order valence-electron chi connectivity index (χ4n) is 4.57. The van der Waals surface area contributed by atoms with Gasteiger partial charge in [-0.05, 0) is 93.3 Å². The van der Waals surface area contributed by atoms with Crippen molar-refractivity contribution in [1.82, 2.24) is 10.2 Å². The third-order valence-electron chi connectivity index (χ3n) is 6.67. The molecule has 0 unspecified atom stereocenters. The van der Waals surface area contributed by atoms with E-state index in [-0.39, 0.29) is 11.9 Å². The number of unbranched alkanes of at least 4 members (excludes halogenated alkanes) is 1. The summed E-state index contributed by atoms with van der Waals surface area (Å²) in [5, 5.41) is 4.09. The Kier molecular flexibility index (Phi) is 10.9. The van der Waals surface area contributed by atoms with E-state index in [0.29, 0.717) is 29.7 Å². The number of benzene rings is 2. The van der Waals surface area contributed by atoms with Gasteiger partial charge < -0.3 is 19.7 Å². The number of halogens is 1. The Morgan fingerprint density at radius 2 is 1.66 bits per heavy atom. The lowest BCUT2D eigenvalue weighted by Gasteiger charge is -2.35. The maximum atomic E-state index is 12.8. The van der Waals surface area contributed by atoms with E-state index in [1.807, 2.05) is 11.9 Å². The highest BCUT2D eigenvalue weighted by Crippen LogP contribution is 2.35. The minimum Gasteiger partial charge on any atom is -0.435 e. The molecule has 0 bridgehead atoms. The van der Waals surface area contributed by atoms with Gasteiger partial charge in [0.1, 0.15) is 0 Å². The predicted molar refractivity (Wildman–Crippen MR) is 139 cm³/mol. The maximum absolute atomic E-state index is 12.8. The van der Waals surface area contributed by atoms with E-state index in [9.17, 15) is 9.59 Å². The highest BCUT2D eigenvalue weighted by Gasteiger charge is 2.27. The lowest BCUT2D eigenvalue weighted by molar-refractivity contribution is 0.0579. The Balaban J connectivity index is 1.35. The first-order valence-corrected chi connectivity index (χ1v) is 13.0. The Morgan fingerprint density at radius 3 is 2.31 bits per heavy atom. The zero-order valence-electron chi connectivity index (χ0n) is 20.8. The molecule has 1 aliphatic rings. The number of carbonyl (C=O) groups excluding carboxylic acids is 2. The Bertz CT molecular complexity index is 925. The summed E-state index contributed by atoms with van der Waals surface area (Å²) in [6.07, 6.45) is 5.38. The molecule has 7 heteroatoms. The van der Waals surface area contributed by atoms with Gasteiger partial charge in [0, 0.05) is 30.2 Å². The molecule has 6 nitrogen and oxygen atoms in total. The fraction of sp³-hybridized carbons (Fsp3) is 0.500. The summed E-state index contributed by atoms with van der Waals surface area (Å²) in [4.78, 5) is 25.8. The summed E-state index contributed by atoms with van der Waals surface area (Å²) in [5.74, 6) is 0.611. The van der Waals surface area contributed by atoms with Crippen molar-refractivity contribution in [2.75, 3.05) is 26.8 Å². The van der Waals surface area contributed by atoms with Crippen LogP contribution in [-0.4, -0.2) is 49.8 Å². The molecule has 1 fully saturated rings. The van der Waals surface area contributed by atoms with Crippen LogP contribution in [0.2, 0.25) is 5.02 Å². The van der Waals surface area contributed by atoms with Crippen LogP contribution in [0.3, 0.4) is 0 Å². The second-order valence-electron chi connectivity index (χ2n) is 9.09. The molecule has 1 aliphatic carbocycles. The number of hydrogen-bond acceptors (Lipinski definition) is 5. The third-order valence-corrected chi connectivity index (χ3v) is 6.92. The Morgan fingerprint density at radius 1 is 0.971 bits per heavy atom. The fourth-order valence-corrected chi connectivity index (χ4v) is 4.69. The van der Waals surface area contributed by atoms with Gasteiger partial charge >= 0.3 is 6.16 Å². The van der Waals surface area contributed by atoms with E-state index in [4.69, 9.17) is 21.1 Å². The molecule has 0 atom stereocenters. The summed E-state index contributed by atoms with van der Waals surface area (Å²) in [6, 6.07) is 16.3. The van der Waals surface area contributed by atoms with Crippen molar-refractivity contribution in [3.63, 3.8) is 0 Å². The molecule has 0 radical (unpaired) electrons. The summed E-state index contributed by atoms with van der Waals surface area (Å²) < 4.78 is 9.69. The van der Waals surface area contributed by atoms with Crippen molar-refractivity contribution in [3.05, 3.63) is 70.2 Å². The van der Waals surface area contributed by atoms with Gasteiger partial charge in [-0.2, -0.15) is 0 Å². The van der Waals surface area contributed by atoms with Crippen LogP contribution < -0.4 is 5.32 Å². The van der Waals surface area contributed by atoms with Crippen LogP contribution in [0.5, 0.6) is 0 Å². The molecule has 0 saturated heterocycles. The van der Waals surface area contributed by atoms with Crippen LogP contribution in [0.25, 0.3) is 0 Å². The van der Waals surface area contributed by atoms with Crippen molar-refractivity contribution in [2.45, 2.75) is 64.0 Å². The molecule has 0 aliphatic heterocycles. The van der Waals surface area contributed by atoms with Gasteiger partial charge in [-0.25, -0.2) is 4.79 Å². The second kappa shape index (κ2) is 14.1. The van der Waals surface area contributed by atoms with E-state index >= 15 is 0 Å². The summed E-state index contributed by atoms with van der Waals surface area (Å²) in [5.41, 5.74) is 3.33. The minimum absolute atomic E-state index is 0.0634. The Labute approximate surface area is 213 Å². The van der Waals surface area contributed by atoms with Crippen molar-refractivity contribution < 1.29 is 19.1 Å². The van der Waals surface area contributed by atoms with Gasteiger partial charge in [0.2, 0.25) is 0 Å². The third kappa shape index (κ3) is 8.55. The van der Waals surface area contributed by atoms with Crippen LogP contribution >= 0.6 is 11.6 Å². The summed E-state index contributed by atoms with van der Waals surface area (Å²) in [7, 11) is 1.91. The number of hydrogen-bond donors (Lipinski definition) is 1. The number of nitrogens with one attached hydrogen (secondary N) is 1. The largest absolute Gasteiger partial charge is 0.508 e. The maximum Gasteiger partial charge on any atom is 0.508 e. The normalized spacial score (nSPS) is 17.6. The molecule has 3 rings (SSSR count). The molecule has 0 aromatic heterocycles. The van der Waals surface area contributed by atoms with Crippen LogP contribution in [0.1, 0.15) is 72.9 Å². The molecule has 1 amide bonds. The molecule has 0 spiro atoms. The first kappa shape index (κ1) is 27.0. The molecule has 1 N–H and O–H groups in total. The molecule has 2 aromatic carbocycles. The van der Waals surface area contributed by atoms with E-state index in [2.05, 4.69) is 29.6 Å². The first-order valence-electron chi connectivity index (χ1n) is 12.6. The summed E-state index contributed by atoms with van der Waals surface area (Å²) >= 11 is 5.95. The van der Waals surface area contributed by atoms with Crippen molar-refractivity contribution in [3.8, 4) is 0 Å². The van der Waals surface area contributed by atoms with E-state index in [1.54, 1.807) is 31.2 Å². The SMILES string of the molecule is CCOC(=O)OCCCCNCc1ccc(C2CCC(N(C)C(=O)c3ccc(Cl)cc3)CC2)cc1. The van der Waals surface area contributed by atoms with Gasteiger partial charge in [-0.3, -0.25) is 4.79 Å². The first-order chi connectivity index (χ1) is 17.0. The lowest BCUT2D eigenvalue weighted by atomic mass is 9.81. The van der Waals surface area contributed by atoms with Crippen molar-refractivity contribution in [1.29, 1.82) is 0 Å². The Hall–Kier alpha value is -2.57. The van der Waals surface area contributed by atoms with E-state index < -0.39 is 6.16 Å². The standard InChI is InChI=1S/C28H37ClN2O4/c1-3-34-28(33)35-19-5-4-18-30-20-21-6-8-22(9-7-21)23-12-16-26(17-13-23)31(2)27(32)24-10-14-25(29)15-11-24/h6-11,14-15,23,26,30H,3-5,12-13,16-20H2,1-2H3. The monoisotopic (exact) mass is 500 g/mol. The van der Waals surface area contributed by atoms with Gasteiger partial charge in [0.25, 0.3) is 5.91 Å². The quantitative estimate of drug-likeness (QED) is 0.294. The predicted octanol–water partition coefficient (Wildman–Crippen LogP) is 6.18. The van der Waals surface area contributed by atoms with Gasteiger partial charge in [0.05, 0.1) is 13.2 Å². The molecular formula is C28H37ClN2O4. The number of carbonyl (C=O) groups is 2. The van der Waals surface area contributed by atoms with Crippen LogP contribution in [0.4, 0.5) is 4.79 Å². The van der Waals surface area contributed by atoms with E-state index in [1.165, 1.54) is 11.1 Å². The van der Waals surface area contributed by atoms with Crippen molar-refractivity contribution >= 4 is 23.7 Å². The van der Waals surface area contributed by atoms with Gasteiger partial charge in [-0.1, -0.05) is 35.9 Å². The summed E-state index contributed by atoms with van der Waals surface area (Å²) in [6.45, 7) is 4.19. The molecule has 0 heterocycles. The topological polar surface area (TPSA) is 67.9 Å². The highest BCUT2D eigenvalue weighted by atomic mass is 35.5. The average Bonchev–Trinajstić information content (AvgIpc) is 2.88. The number of rotatable bonds is 11. The number of nitrogens with zero attached hydrogens (tertiary/aromatic N) is 1. The molecular weight excluding hydrogens is 464 g/mol.